The first kappa shape index (κ1) is 19.9. The molecule has 0 aliphatic heterocycles. The largest absolute Gasteiger partial charge is 0.454 e. The van der Waals surface area contributed by atoms with Gasteiger partial charge in [0.25, 0.3) is 5.91 Å². The van der Waals surface area contributed by atoms with E-state index in [9.17, 15) is 9.59 Å². The van der Waals surface area contributed by atoms with E-state index in [0.29, 0.717) is 26.2 Å². The van der Waals surface area contributed by atoms with Crippen molar-refractivity contribution in [2.45, 2.75) is 26.1 Å². The summed E-state index contributed by atoms with van der Waals surface area (Å²) < 4.78 is 15.5. The Morgan fingerprint density at radius 1 is 1.29 bits per heavy atom. The van der Waals surface area contributed by atoms with Crippen LogP contribution in [0.3, 0.4) is 0 Å². The van der Waals surface area contributed by atoms with E-state index in [1.54, 1.807) is 6.92 Å². The number of carbonyl (C=O) groups is 2. The van der Waals surface area contributed by atoms with Crippen molar-refractivity contribution in [1.82, 2.24) is 5.32 Å². The molecule has 1 aromatic carbocycles. The second kappa shape index (κ2) is 12.3. The monoisotopic (exact) mass is 335 g/mol. The van der Waals surface area contributed by atoms with Crippen molar-refractivity contribution in [2.24, 2.45) is 0 Å². The third-order valence-corrected chi connectivity index (χ3v) is 3.04. The molecule has 0 heterocycles. The summed E-state index contributed by atoms with van der Waals surface area (Å²) in [4.78, 5) is 23.1. The molecule has 0 aromatic heterocycles. The topological polar surface area (TPSA) is 73.9 Å². The van der Waals surface area contributed by atoms with Gasteiger partial charge in [0.15, 0.2) is 12.7 Å². The van der Waals surface area contributed by atoms with Gasteiger partial charge in [-0.15, -0.1) is 6.58 Å². The van der Waals surface area contributed by atoms with Crippen LogP contribution in [-0.4, -0.2) is 44.3 Å². The molecule has 1 atom stereocenters. The number of esters is 1. The molecule has 1 amide bonds. The smallest absolute Gasteiger partial charge is 0.335 e. The van der Waals surface area contributed by atoms with Crippen molar-refractivity contribution in [1.29, 1.82) is 0 Å². The predicted molar refractivity (Wildman–Crippen MR) is 90.3 cm³/mol. The zero-order valence-corrected chi connectivity index (χ0v) is 14.0. The minimum Gasteiger partial charge on any atom is -0.454 e. The molecular formula is C18H25NO5. The fourth-order valence-corrected chi connectivity index (χ4v) is 1.75. The Balaban J connectivity index is 2.01. The Bertz CT molecular complexity index is 503. The molecule has 0 saturated heterocycles. The van der Waals surface area contributed by atoms with Crippen molar-refractivity contribution in [3.8, 4) is 0 Å². The van der Waals surface area contributed by atoms with Gasteiger partial charge in [0, 0.05) is 13.2 Å². The summed E-state index contributed by atoms with van der Waals surface area (Å²) in [6.07, 6.45) is 1.50. The molecule has 0 fully saturated rings. The highest BCUT2D eigenvalue weighted by molar-refractivity contribution is 5.81. The number of amides is 1. The van der Waals surface area contributed by atoms with Crippen LogP contribution in [0.4, 0.5) is 0 Å². The van der Waals surface area contributed by atoms with Crippen LogP contribution < -0.4 is 5.32 Å². The van der Waals surface area contributed by atoms with E-state index in [1.807, 2.05) is 30.3 Å². The van der Waals surface area contributed by atoms with Crippen molar-refractivity contribution in [2.75, 3.05) is 26.4 Å². The van der Waals surface area contributed by atoms with Gasteiger partial charge < -0.3 is 19.5 Å². The maximum Gasteiger partial charge on any atom is 0.335 e. The molecule has 1 aromatic rings. The maximum absolute atomic E-state index is 11.6. The summed E-state index contributed by atoms with van der Waals surface area (Å²) in [5, 5.41) is 2.67. The van der Waals surface area contributed by atoms with Gasteiger partial charge in [-0.05, 0) is 18.9 Å². The number of ether oxygens (including phenoxy) is 3. The highest BCUT2D eigenvalue weighted by atomic mass is 16.6. The van der Waals surface area contributed by atoms with Crippen molar-refractivity contribution in [3.05, 3.63) is 48.6 Å². The molecule has 132 valence electrons. The lowest BCUT2D eigenvalue weighted by molar-refractivity contribution is -0.158. The normalized spacial score (nSPS) is 11.5. The molecule has 1 rings (SSSR count). The van der Waals surface area contributed by atoms with E-state index in [0.717, 1.165) is 5.56 Å². The average molecular weight is 335 g/mol. The molecule has 6 nitrogen and oxygen atoms in total. The van der Waals surface area contributed by atoms with Crippen LogP contribution in [0.15, 0.2) is 43.0 Å². The summed E-state index contributed by atoms with van der Waals surface area (Å²) in [5.74, 6) is -0.916. The van der Waals surface area contributed by atoms with Gasteiger partial charge in [-0.3, -0.25) is 4.79 Å². The molecule has 0 bridgehead atoms. The van der Waals surface area contributed by atoms with Gasteiger partial charge in [-0.25, -0.2) is 4.79 Å². The van der Waals surface area contributed by atoms with Gasteiger partial charge in [-0.1, -0.05) is 36.4 Å². The van der Waals surface area contributed by atoms with Crippen LogP contribution in [0.5, 0.6) is 0 Å². The third-order valence-electron chi connectivity index (χ3n) is 3.04. The Morgan fingerprint density at radius 3 is 2.75 bits per heavy atom. The minimum atomic E-state index is -0.720. The number of rotatable bonds is 12. The van der Waals surface area contributed by atoms with E-state index in [4.69, 9.17) is 14.2 Å². The quantitative estimate of drug-likeness (QED) is 0.358. The first-order valence-electron chi connectivity index (χ1n) is 7.91. The number of hydrogen-bond donors (Lipinski definition) is 1. The lowest BCUT2D eigenvalue weighted by atomic mass is 10.2. The predicted octanol–water partition coefficient (Wildman–Crippen LogP) is 1.84. The lowest BCUT2D eigenvalue weighted by Gasteiger charge is -2.11. The zero-order chi connectivity index (χ0) is 17.6. The number of carbonyl (C=O) groups excluding carboxylic acids is 2. The Hall–Kier alpha value is -2.18. The van der Waals surface area contributed by atoms with Crippen molar-refractivity contribution in [3.63, 3.8) is 0 Å². The molecular weight excluding hydrogens is 310 g/mol. The van der Waals surface area contributed by atoms with Crippen LogP contribution in [0.2, 0.25) is 0 Å². The SMILES string of the molecule is C=CCOC(C)C(=O)OCC(=O)NCCCOCc1ccccc1. The van der Waals surface area contributed by atoms with Crippen molar-refractivity contribution < 1.29 is 23.8 Å². The molecule has 24 heavy (non-hydrogen) atoms. The second-order valence-electron chi connectivity index (χ2n) is 5.11. The summed E-state index contributed by atoms with van der Waals surface area (Å²) in [6, 6.07) is 9.87. The van der Waals surface area contributed by atoms with E-state index in [2.05, 4.69) is 11.9 Å². The van der Waals surface area contributed by atoms with Crippen molar-refractivity contribution >= 4 is 11.9 Å². The van der Waals surface area contributed by atoms with E-state index in [-0.39, 0.29) is 19.1 Å². The average Bonchev–Trinajstić information content (AvgIpc) is 2.61. The molecule has 1 unspecified atom stereocenters. The number of hydrogen-bond acceptors (Lipinski definition) is 5. The number of nitrogens with one attached hydrogen (secondary N) is 1. The molecule has 1 N–H and O–H groups in total. The molecule has 0 saturated carbocycles. The van der Waals surface area contributed by atoms with Crippen LogP contribution in [0, 0.1) is 0 Å². The minimum absolute atomic E-state index is 0.255. The Morgan fingerprint density at radius 2 is 2.04 bits per heavy atom. The zero-order valence-electron chi connectivity index (χ0n) is 14.0. The van der Waals surface area contributed by atoms with Crippen LogP contribution >= 0.6 is 0 Å². The second-order valence-corrected chi connectivity index (χ2v) is 5.11. The Labute approximate surface area is 142 Å². The van der Waals surface area contributed by atoms with E-state index in [1.165, 1.54) is 6.08 Å². The standard InChI is InChI=1S/C18H25NO5/c1-3-11-23-15(2)18(21)24-14-17(20)19-10-7-12-22-13-16-8-5-4-6-9-16/h3-6,8-9,15H,1,7,10-14H2,2H3,(H,19,20). The molecule has 0 radical (unpaired) electrons. The summed E-state index contributed by atoms with van der Waals surface area (Å²) in [7, 11) is 0. The van der Waals surface area contributed by atoms with Crippen LogP contribution in [-0.2, 0) is 30.4 Å². The first-order chi connectivity index (χ1) is 11.6. The van der Waals surface area contributed by atoms with Gasteiger partial charge in [-0.2, -0.15) is 0 Å². The summed E-state index contributed by atoms with van der Waals surface area (Å²) in [5.41, 5.74) is 1.11. The van der Waals surface area contributed by atoms with Gasteiger partial charge in [0.05, 0.1) is 13.2 Å². The van der Waals surface area contributed by atoms with Gasteiger partial charge >= 0.3 is 5.97 Å². The van der Waals surface area contributed by atoms with E-state index >= 15 is 0 Å². The summed E-state index contributed by atoms with van der Waals surface area (Å²) in [6.45, 7) is 6.55. The van der Waals surface area contributed by atoms with Crippen LogP contribution in [0.25, 0.3) is 0 Å². The highest BCUT2D eigenvalue weighted by Crippen LogP contribution is 2.00. The van der Waals surface area contributed by atoms with Gasteiger partial charge in [0.1, 0.15) is 0 Å². The highest BCUT2D eigenvalue weighted by Gasteiger charge is 2.15. The molecule has 6 heteroatoms. The number of benzene rings is 1. The fraction of sp³-hybridized carbons (Fsp3) is 0.444. The maximum atomic E-state index is 11.6. The van der Waals surface area contributed by atoms with E-state index < -0.39 is 12.1 Å². The lowest BCUT2D eigenvalue weighted by Crippen LogP contribution is -2.32. The molecule has 0 aliphatic rings. The summed E-state index contributed by atoms with van der Waals surface area (Å²) >= 11 is 0. The molecule has 0 aliphatic carbocycles. The van der Waals surface area contributed by atoms with Crippen LogP contribution in [0.1, 0.15) is 18.9 Å². The first-order valence-corrected chi connectivity index (χ1v) is 7.91. The fourth-order valence-electron chi connectivity index (χ4n) is 1.75. The Kier molecular flexibility index (Phi) is 10.2. The van der Waals surface area contributed by atoms with Gasteiger partial charge in [0.2, 0.25) is 0 Å². The third kappa shape index (κ3) is 9.07. The molecule has 0 spiro atoms.